The Hall–Kier alpha value is -12.2. The molecule has 3 saturated heterocycles. The van der Waals surface area contributed by atoms with Crippen molar-refractivity contribution in [3.05, 3.63) is 119 Å². The molecule has 4 aromatic rings. The van der Waals surface area contributed by atoms with E-state index in [1.54, 1.807) is 100.0 Å². The first kappa shape index (κ1) is 121. The summed E-state index contributed by atoms with van der Waals surface area (Å²) < 4.78 is 76.9. The molecule has 17 atom stereocenters. The third-order valence-electron chi connectivity index (χ3n) is 26.1. The Balaban J connectivity index is 0.786. The second-order valence-electron chi connectivity index (χ2n) is 38.6. The summed E-state index contributed by atoms with van der Waals surface area (Å²) in [5.74, 6) is -12.4. The highest BCUT2D eigenvalue weighted by molar-refractivity contribution is 7.47. The van der Waals surface area contributed by atoms with E-state index in [1.165, 1.54) is 56.7 Å². The lowest BCUT2D eigenvalue weighted by atomic mass is 9.89. The number of esters is 2. The zero-order chi connectivity index (χ0) is 109. The second-order valence-corrected chi connectivity index (χ2v) is 40.0. The molecule has 46 heteroatoms. The molecule has 4 aliphatic heterocycles. The largest absolute Gasteiger partial charge is 0.489 e. The number of nitrogens with one attached hydrogen (secondary N) is 10. The number of benzene rings is 4. The summed E-state index contributed by atoms with van der Waals surface area (Å²) in [6.45, 7) is 19.4. The topological polar surface area (TPSA) is 597 Å². The van der Waals surface area contributed by atoms with Crippen LogP contribution in [-0.4, -0.2) is 319 Å². The van der Waals surface area contributed by atoms with Gasteiger partial charge in [-0.1, -0.05) is 124 Å². The fourth-order valence-electron chi connectivity index (χ4n) is 18.1. The lowest BCUT2D eigenvalue weighted by molar-refractivity contribution is -0.148. The van der Waals surface area contributed by atoms with Gasteiger partial charge in [-0.25, -0.2) is 18.9 Å². The molecular formula is C102H151N16O29P. The van der Waals surface area contributed by atoms with Crippen LogP contribution in [0.2, 0.25) is 0 Å². The van der Waals surface area contributed by atoms with E-state index in [0.717, 1.165) is 4.90 Å². The number of imide groups is 1. The van der Waals surface area contributed by atoms with Crippen molar-refractivity contribution in [3.63, 3.8) is 0 Å². The van der Waals surface area contributed by atoms with Crippen LogP contribution < -0.4 is 74.1 Å². The maximum absolute atomic E-state index is 14.7. The summed E-state index contributed by atoms with van der Waals surface area (Å²) in [7, 11) is 3.24. The van der Waals surface area contributed by atoms with Gasteiger partial charge in [0, 0.05) is 84.0 Å². The fourth-order valence-corrected chi connectivity index (χ4v) is 19.1. The number of nitrogens with zero attached hydrogens (tertiary/aromatic N) is 4. The average Bonchev–Trinajstić information content (AvgIpc) is 1.52. The zero-order valence-electron chi connectivity index (χ0n) is 87.5. The van der Waals surface area contributed by atoms with Crippen molar-refractivity contribution in [1.29, 1.82) is 0 Å². The number of methoxy groups -OCH3 is 2. The predicted molar refractivity (Wildman–Crippen MR) is 541 cm³/mol. The number of phosphoric acid groups is 1. The van der Waals surface area contributed by atoms with Gasteiger partial charge < -0.3 is 122 Å². The number of para-hydroxylation sites is 1. The van der Waals surface area contributed by atoms with E-state index in [9.17, 15) is 86.2 Å². The molecule has 4 aliphatic rings. The number of cyclic esters (lactones) is 1. The molecule has 45 nitrogen and oxygen atoms in total. The molecule has 4 aromatic carbocycles. The Labute approximate surface area is 863 Å². The van der Waals surface area contributed by atoms with E-state index < -0.39 is 201 Å². The van der Waals surface area contributed by atoms with E-state index in [-0.39, 0.29) is 176 Å². The number of aryl methyl sites for hydroxylation is 1. The standard InChI is InChI=1S/C102H151N16O29P/c1-17-62(8)87(116(14)99(131)85(60(4)5)114-97(129)86(61(6)7)115(12)13)79(137-15)56-82(121)117-42-23-30-76(117)88(138-16)64(10)91(123)108-65(11)89(67-25-19-18-20-26-67)147-148(135,136)145-58-66-32-35-70(36-33-66)109-93(125)73(29-22-40-106-102(104)134)112-96(128)84(59(2)3)113-94(126)75(55-81(120)110-74-38-45-144-101(74)133)111-80(119)39-44-139-47-49-141-51-52-142-50-48-140-46-41-105-95(127)77(118-83(122)53-63(9)98(118)130)57-107-92(124)72-28-21-31-78-90(72)143-43-24-27-68-54-69(103)34-37-71(68)100(132)146-78/h18-21,25-26,28,31-37,54,59-65,73-77,79,84-89H,17,22-24,27,29-30,38-53,55-58,103H2,1-16H3,(H,105,127)(H,107,124)(H,108,123)(H,109,125)(H,110,120)(H,111,119)(H,112,128)(H,113,126)(H,114,129)(H,135,136)(H3,104,106,134)/t62?,63?,64-,65-,73+,74+,75+,76+,77+,79?,84+,85+,86+,87+,88-,89-/m1/s1. The lowest BCUT2D eigenvalue weighted by Gasteiger charge is -2.41. The molecule has 8 rings (SSSR count). The first-order valence-corrected chi connectivity index (χ1v) is 51.9. The van der Waals surface area contributed by atoms with Gasteiger partial charge in [0.2, 0.25) is 70.9 Å². The molecular weight excluding hydrogens is 1940 g/mol. The molecule has 4 unspecified atom stereocenters. The third-order valence-corrected chi connectivity index (χ3v) is 27.1. The summed E-state index contributed by atoms with van der Waals surface area (Å²) >= 11 is 0. The third kappa shape index (κ3) is 36.4. The number of phosphoric ester groups is 1. The van der Waals surface area contributed by atoms with E-state index in [2.05, 4.69) is 53.2 Å². The average molecular weight is 2100 g/mol. The van der Waals surface area contributed by atoms with Gasteiger partial charge in [0.15, 0.2) is 11.5 Å². The van der Waals surface area contributed by atoms with Crippen molar-refractivity contribution in [2.75, 3.05) is 139 Å². The van der Waals surface area contributed by atoms with Gasteiger partial charge in [-0.3, -0.25) is 81.2 Å². The molecule has 15 N–H and O–H groups in total. The van der Waals surface area contributed by atoms with Gasteiger partial charge in [0.25, 0.3) is 5.91 Å². The van der Waals surface area contributed by atoms with Crippen molar-refractivity contribution in [2.24, 2.45) is 41.2 Å². The van der Waals surface area contributed by atoms with Gasteiger partial charge in [-0.15, -0.1) is 0 Å². The van der Waals surface area contributed by atoms with Crippen molar-refractivity contribution < 1.29 is 138 Å². The number of anilines is 2. The van der Waals surface area contributed by atoms with E-state index in [0.29, 0.717) is 66.6 Å². The number of likely N-dealkylation sites (N-methyl/N-ethyl adjacent to an activating group) is 2. The Morgan fingerprint density at radius 1 is 0.642 bits per heavy atom. The highest BCUT2D eigenvalue weighted by atomic mass is 31.2. The van der Waals surface area contributed by atoms with Crippen LogP contribution in [-0.2, 0) is 122 Å². The number of primary amides is 1. The maximum atomic E-state index is 14.7. The van der Waals surface area contributed by atoms with E-state index in [4.69, 9.17) is 63.1 Å². The Morgan fingerprint density at radius 3 is 1.91 bits per heavy atom. The van der Waals surface area contributed by atoms with Crippen LogP contribution in [0.25, 0.3) is 0 Å². The second kappa shape index (κ2) is 59.9. The molecule has 0 aromatic heterocycles. The highest BCUT2D eigenvalue weighted by Crippen LogP contribution is 2.50. The number of hydrogen-bond acceptors (Lipinski definition) is 30. The van der Waals surface area contributed by atoms with Crippen molar-refractivity contribution in [2.45, 2.75) is 239 Å². The van der Waals surface area contributed by atoms with Gasteiger partial charge in [0.05, 0.1) is 139 Å². The fraction of sp³-hybridized carbons (Fsp3) is 0.608. The first-order valence-electron chi connectivity index (χ1n) is 50.4. The number of amides is 15. The highest BCUT2D eigenvalue weighted by Gasteiger charge is 2.47. The van der Waals surface area contributed by atoms with Crippen LogP contribution in [0, 0.1) is 35.5 Å². The van der Waals surface area contributed by atoms with E-state index in [1.807, 2.05) is 60.5 Å². The summed E-state index contributed by atoms with van der Waals surface area (Å²) in [5.41, 5.74) is 13.6. The Kier molecular flexibility index (Phi) is 49.0. The molecule has 4 heterocycles. The lowest BCUT2D eigenvalue weighted by Crippen LogP contribution is -2.59. The zero-order valence-corrected chi connectivity index (χ0v) is 88.4. The molecule has 3 fully saturated rings. The first-order chi connectivity index (χ1) is 70.4. The number of urea groups is 1. The summed E-state index contributed by atoms with van der Waals surface area (Å²) in [4.78, 5) is 236. The molecule has 0 radical (unpaired) electrons. The van der Waals surface area contributed by atoms with Gasteiger partial charge >= 0.3 is 25.8 Å². The van der Waals surface area contributed by atoms with E-state index >= 15 is 0 Å². The van der Waals surface area contributed by atoms with Crippen LogP contribution >= 0.6 is 7.82 Å². The Morgan fingerprint density at radius 2 is 1.30 bits per heavy atom. The number of ether oxygens (including phenoxy) is 9. The number of nitrogens with two attached hydrogens (primary N) is 2. The minimum atomic E-state index is -5.02. The molecule has 148 heavy (non-hydrogen) atoms. The van der Waals surface area contributed by atoms with Crippen molar-refractivity contribution in [3.8, 4) is 11.5 Å². The van der Waals surface area contributed by atoms with Crippen LogP contribution in [0.15, 0.2) is 91.0 Å². The summed E-state index contributed by atoms with van der Waals surface area (Å²) in [6, 6.07) is 12.3. The smallest absolute Gasteiger partial charge is 0.473 e. The quantitative estimate of drug-likeness (QED) is 0.00726. The molecule has 818 valence electrons. The van der Waals surface area contributed by atoms with Crippen LogP contribution in [0.3, 0.4) is 0 Å². The number of fused-ring (bicyclic) bond motifs is 2. The van der Waals surface area contributed by atoms with Crippen molar-refractivity contribution in [1.82, 2.24) is 67.5 Å². The number of carbonyl (C=O) groups excluding carboxylic acids is 16. The minimum absolute atomic E-state index is 0.00347. The van der Waals surface area contributed by atoms with Gasteiger partial charge in [0.1, 0.15) is 42.4 Å². The van der Waals surface area contributed by atoms with Crippen LogP contribution in [0.1, 0.15) is 190 Å². The number of nitrogen functional groups attached to an aromatic ring is 1. The van der Waals surface area contributed by atoms with Crippen LogP contribution in [0.5, 0.6) is 11.5 Å². The SMILES string of the molecule is CCC(C)[C@@H](C(CC(=O)N1CCC[C@H]1[C@H](OC)[C@@H](C)C(=O)N[C@H](C)[C@@H](OP(=O)(O)OCc1ccc(NC(=O)[C@H](CCCNC(N)=O)NC(=O)[C@@H](NC(=O)[C@H](CC(=O)N[C@H]2CCOC2=O)NC(=O)CCOCCOCCOCCOCCNC(=O)[C@H](CNC(=O)c2cccc3c2OCCCc2cc(N)ccc2C(=O)O3)N2C(=O)CC(C)C2=O)C(C)C)cc1)c1ccccc1)OC)N(C)C(=O)[C@@H](NC(=O)[C@H](C(C)C)N(C)C)C(C)C. The number of hydrogen-bond donors (Lipinski definition) is 13. The van der Waals surface area contributed by atoms with Crippen LogP contribution in [0.4, 0.5) is 16.2 Å². The number of rotatable bonds is 60. The Bertz CT molecular complexity index is 5190. The minimum Gasteiger partial charge on any atom is -0.489 e. The number of likely N-dealkylation sites (tertiary alicyclic amines) is 2. The monoisotopic (exact) mass is 2100 g/mol. The molecule has 15 amide bonds. The normalized spacial score (nSPS) is 18.3. The molecule has 0 aliphatic carbocycles. The summed E-state index contributed by atoms with van der Waals surface area (Å²) in [5, 5.41) is 26.8. The van der Waals surface area contributed by atoms with Crippen molar-refractivity contribution >= 4 is 114 Å². The number of carbonyl (C=O) groups is 16. The molecule has 0 bridgehead atoms. The molecule has 0 spiro atoms. The predicted octanol–water partition coefficient (Wildman–Crippen LogP) is 4.43. The van der Waals surface area contributed by atoms with Gasteiger partial charge in [-0.05, 0) is 142 Å². The maximum Gasteiger partial charge on any atom is 0.473 e. The van der Waals surface area contributed by atoms with Gasteiger partial charge in [-0.2, -0.15) is 0 Å². The molecule has 0 saturated carbocycles. The summed E-state index contributed by atoms with van der Waals surface area (Å²) in [6.07, 6.45) is -1.41.